The Morgan fingerprint density at radius 3 is 3.00 bits per heavy atom. The van der Waals surface area contributed by atoms with Crippen LogP contribution in [-0.4, -0.2) is 22.9 Å². The Morgan fingerprint density at radius 1 is 1.56 bits per heavy atom. The lowest BCUT2D eigenvalue weighted by Gasteiger charge is -2.10. The molecule has 1 aliphatic heterocycles. The van der Waals surface area contributed by atoms with Crippen molar-refractivity contribution in [2.45, 2.75) is 6.04 Å². The van der Waals surface area contributed by atoms with Crippen molar-refractivity contribution in [2.75, 3.05) is 11.1 Å². The van der Waals surface area contributed by atoms with Gasteiger partial charge in [-0.2, -0.15) is 0 Å². The molecular weight excluding hydrogens is 292 g/mol. The van der Waals surface area contributed by atoms with Crippen LogP contribution in [0.1, 0.15) is 0 Å². The Labute approximate surface area is 105 Å². The average molecular weight is 301 g/mol. The van der Waals surface area contributed by atoms with Crippen LogP contribution in [0, 0.1) is 0 Å². The normalized spacial score (nSPS) is 19.3. The molecule has 0 aromatic heterocycles. The third-order valence-electron chi connectivity index (χ3n) is 2.08. The molecule has 1 unspecified atom stereocenters. The van der Waals surface area contributed by atoms with Crippen molar-refractivity contribution >= 4 is 44.5 Å². The number of rotatable bonds is 2. The first-order chi connectivity index (χ1) is 7.65. The maximum absolute atomic E-state index is 11.7. The molecule has 2 rings (SSSR count). The highest BCUT2D eigenvalue weighted by molar-refractivity contribution is 9.10. The van der Waals surface area contributed by atoms with Gasteiger partial charge in [0.2, 0.25) is 5.91 Å². The Bertz CT molecular complexity index is 439. The van der Waals surface area contributed by atoms with E-state index in [0.29, 0.717) is 11.4 Å². The lowest BCUT2D eigenvalue weighted by atomic mass is 10.3. The molecule has 1 aromatic carbocycles. The monoisotopic (exact) mass is 300 g/mol. The highest BCUT2D eigenvalue weighted by Crippen LogP contribution is 2.18. The summed E-state index contributed by atoms with van der Waals surface area (Å²) in [5.41, 5.74) is 0.713. The maximum atomic E-state index is 11.7. The van der Waals surface area contributed by atoms with Crippen LogP contribution in [0.3, 0.4) is 0 Å². The fraction of sp³-hybridized carbons (Fsp3) is 0.200. The quantitative estimate of drug-likeness (QED) is 0.880. The van der Waals surface area contributed by atoms with Gasteiger partial charge in [-0.1, -0.05) is 33.8 Å². The molecular formula is C10H9BrN2O2S. The second kappa shape index (κ2) is 4.88. The summed E-state index contributed by atoms with van der Waals surface area (Å²) in [7, 11) is 0. The second-order valence-corrected chi connectivity index (χ2v) is 5.20. The number of nitrogens with one attached hydrogen (secondary N) is 2. The van der Waals surface area contributed by atoms with E-state index in [-0.39, 0.29) is 11.1 Å². The van der Waals surface area contributed by atoms with Gasteiger partial charge in [0, 0.05) is 15.9 Å². The number of thioether (sulfide) groups is 1. The van der Waals surface area contributed by atoms with Gasteiger partial charge in [-0.05, 0) is 18.2 Å². The number of hydrogen-bond donors (Lipinski definition) is 2. The Morgan fingerprint density at radius 2 is 2.38 bits per heavy atom. The molecule has 0 bridgehead atoms. The molecule has 1 heterocycles. The summed E-state index contributed by atoms with van der Waals surface area (Å²) in [5.74, 6) is 0.301. The number of carbonyl (C=O) groups is 2. The van der Waals surface area contributed by atoms with E-state index in [1.165, 1.54) is 0 Å². The van der Waals surface area contributed by atoms with E-state index in [2.05, 4.69) is 26.6 Å². The molecule has 84 valence electrons. The van der Waals surface area contributed by atoms with Gasteiger partial charge in [-0.25, -0.2) is 0 Å². The van der Waals surface area contributed by atoms with Crippen molar-refractivity contribution in [3.8, 4) is 0 Å². The lowest BCUT2D eigenvalue weighted by molar-refractivity contribution is -0.117. The van der Waals surface area contributed by atoms with Crippen molar-refractivity contribution in [3.63, 3.8) is 0 Å². The van der Waals surface area contributed by atoms with Gasteiger partial charge in [0.1, 0.15) is 6.04 Å². The molecule has 1 aromatic rings. The molecule has 0 radical (unpaired) electrons. The number of hydrogen-bond acceptors (Lipinski definition) is 3. The molecule has 2 N–H and O–H groups in total. The molecule has 1 fully saturated rings. The first-order valence-electron chi connectivity index (χ1n) is 4.65. The number of carbonyl (C=O) groups excluding carboxylic acids is 2. The summed E-state index contributed by atoms with van der Waals surface area (Å²) < 4.78 is 0.898. The van der Waals surface area contributed by atoms with E-state index >= 15 is 0 Å². The molecule has 16 heavy (non-hydrogen) atoms. The molecule has 4 nitrogen and oxygen atoms in total. The highest BCUT2D eigenvalue weighted by atomic mass is 79.9. The van der Waals surface area contributed by atoms with E-state index in [1.807, 2.05) is 18.2 Å². The smallest absolute Gasteiger partial charge is 0.279 e. The number of benzene rings is 1. The third-order valence-corrected chi connectivity index (χ3v) is 3.46. The van der Waals surface area contributed by atoms with Gasteiger partial charge in [-0.15, -0.1) is 0 Å². The van der Waals surface area contributed by atoms with E-state index < -0.39 is 6.04 Å². The second-order valence-electron chi connectivity index (χ2n) is 3.29. The molecule has 0 aliphatic carbocycles. The summed E-state index contributed by atoms with van der Waals surface area (Å²) in [6.45, 7) is 0. The predicted molar refractivity (Wildman–Crippen MR) is 67.5 cm³/mol. The van der Waals surface area contributed by atoms with E-state index in [0.717, 1.165) is 16.2 Å². The summed E-state index contributed by atoms with van der Waals surface area (Å²) in [5, 5.41) is 5.19. The zero-order valence-electron chi connectivity index (χ0n) is 8.20. The summed E-state index contributed by atoms with van der Waals surface area (Å²) in [6, 6.07) is 6.88. The van der Waals surface area contributed by atoms with Crippen LogP contribution in [-0.2, 0) is 4.79 Å². The number of halogens is 1. The largest absolute Gasteiger partial charge is 0.334 e. The number of anilines is 1. The Hall–Kier alpha value is -1.01. The topological polar surface area (TPSA) is 58.2 Å². The van der Waals surface area contributed by atoms with Gasteiger partial charge in [0.15, 0.2) is 0 Å². The van der Waals surface area contributed by atoms with Crippen LogP contribution in [0.5, 0.6) is 0 Å². The van der Waals surface area contributed by atoms with E-state index in [4.69, 9.17) is 0 Å². The molecule has 0 saturated carbocycles. The van der Waals surface area contributed by atoms with Gasteiger partial charge in [0.05, 0.1) is 0 Å². The molecule has 1 atom stereocenters. The Balaban J connectivity index is 1.99. The minimum atomic E-state index is -0.434. The van der Waals surface area contributed by atoms with Gasteiger partial charge >= 0.3 is 0 Å². The minimum absolute atomic E-state index is 0.144. The van der Waals surface area contributed by atoms with Crippen molar-refractivity contribution < 1.29 is 9.59 Å². The van der Waals surface area contributed by atoms with E-state index in [1.54, 1.807) is 6.07 Å². The molecule has 6 heteroatoms. The van der Waals surface area contributed by atoms with Gasteiger partial charge in [0.25, 0.3) is 5.24 Å². The SMILES string of the molecule is O=C1NC(C(=O)Nc2cccc(Br)c2)CS1. The first kappa shape index (κ1) is 11.5. The molecule has 0 spiro atoms. The van der Waals surface area contributed by atoms with Crippen LogP contribution in [0.4, 0.5) is 10.5 Å². The van der Waals surface area contributed by atoms with Crippen molar-refractivity contribution in [1.29, 1.82) is 0 Å². The van der Waals surface area contributed by atoms with Crippen LogP contribution < -0.4 is 10.6 Å². The van der Waals surface area contributed by atoms with Crippen molar-refractivity contribution in [1.82, 2.24) is 5.32 Å². The van der Waals surface area contributed by atoms with E-state index in [9.17, 15) is 9.59 Å². The van der Waals surface area contributed by atoms with Crippen LogP contribution in [0.25, 0.3) is 0 Å². The fourth-order valence-corrected chi connectivity index (χ4v) is 2.50. The van der Waals surface area contributed by atoms with Gasteiger partial charge < -0.3 is 10.6 Å². The first-order valence-corrected chi connectivity index (χ1v) is 6.43. The molecule has 2 amide bonds. The van der Waals surface area contributed by atoms with Crippen LogP contribution in [0.15, 0.2) is 28.7 Å². The summed E-state index contributed by atoms with van der Waals surface area (Å²) in [6.07, 6.45) is 0. The van der Waals surface area contributed by atoms with Crippen molar-refractivity contribution in [3.05, 3.63) is 28.7 Å². The molecule has 1 saturated heterocycles. The van der Waals surface area contributed by atoms with Gasteiger partial charge in [-0.3, -0.25) is 9.59 Å². The predicted octanol–water partition coefficient (Wildman–Crippen LogP) is 2.21. The molecule has 1 aliphatic rings. The minimum Gasteiger partial charge on any atom is -0.334 e. The Kier molecular flexibility index (Phi) is 3.50. The van der Waals surface area contributed by atoms with Crippen molar-refractivity contribution in [2.24, 2.45) is 0 Å². The zero-order chi connectivity index (χ0) is 11.5. The zero-order valence-corrected chi connectivity index (χ0v) is 10.6. The average Bonchev–Trinajstić information content (AvgIpc) is 2.65. The fourth-order valence-electron chi connectivity index (χ4n) is 1.32. The summed E-state index contributed by atoms with van der Waals surface area (Å²) in [4.78, 5) is 22.6. The number of amides is 2. The summed E-state index contributed by atoms with van der Waals surface area (Å²) >= 11 is 4.45. The highest BCUT2D eigenvalue weighted by Gasteiger charge is 2.27. The van der Waals surface area contributed by atoms with Crippen LogP contribution >= 0.6 is 27.7 Å². The maximum Gasteiger partial charge on any atom is 0.279 e. The lowest BCUT2D eigenvalue weighted by Crippen LogP contribution is -2.38. The standard InChI is InChI=1S/C10H9BrN2O2S/c11-6-2-1-3-7(4-6)12-9(14)8-5-16-10(15)13-8/h1-4,8H,5H2,(H,12,14)(H,13,15). The third kappa shape index (κ3) is 2.76. The van der Waals surface area contributed by atoms with Crippen LogP contribution in [0.2, 0.25) is 0 Å².